The number of nitrogens with zero attached hydrogens (tertiary/aromatic N) is 3. The summed E-state index contributed by atoms with van der Waals surface area (Å²) in [5.41, 5.74) is 1.46. The molecule has 21 heavy (non-hydrogen) atoms. The van der Waals surface area contributed by atoms with Crippen LogP contribution in [0.3, 0.4) is 0 Å². The van der Waals surface area contributed by atoms with E-state index in [1.807, 2.05) is 11.6 Å². The number of carbonyl (C=O) groups excluding carboxylic acids is 1. The minimum Gasteiger partial charge on any atom is -0.481 e. The Morgan fingerprint density at radius 3 is 2.62 bits per heavy atom. The van der Waals surface area contributed by atoms with Crippen LogP contribution in [0.1, 0.15) is 55.2 Å². The predicted octanol–water partition coefficient (Wildman–Crippen LogP) is 2.10. The molecule has 1 unspecified atom stereocenters. The van der Waals surface area contributed by atoms with Gasteiger partial charge < -0.3 is 10.0 Å². The predicted molar refractivity (Wildman–Crippen MR) is 78.2 cm³/mol. The van der Waals surface area contributed by atoms with Crippen molar-refractivity contribution in [3.05, 3.63) is 17.5 Å². The molecule has 1 aromatic heterocycles. The van der Waals surface area contributed by atoms with Crippen molar-refractivity contribution in [3.8, 4) is 0 Å². The molecule has 0 aromatic carbocycles. The van der Waals surface area contributed by atoms with Crippen molar-refractivity contribution in [2.75, 3.05) is 13.1 Å². The third-order valence-corrected chi connectivity index (χ3v) is 4.39. The van der Waals surface area contributed by atoms with Gasteiger partial charge in [0.25, 0.3) is 5.91 Å². The number of carbonyl (C=O) groups is 2. The summed E-state index contributed by atoms with van der Waals surface area (Å²) in [4.78, 5) is 25.1. The highest BCUT2D eigenvalue weighted by atomic mass is 16.4. The molecule has 0 aliphatic carbocycles. The highest BCUT2D eigenvalue weighted by molar-refractivity contribution is 5.95. The van der Waals surface area contributed by atoms with Crippen LogP contribution < -0.4 is 0 Å². The number of carboxylic acids is 1. The Bertz CT molecular complexity index is 534. The standard InChI is InChI=1S/C15H23N3O3/c1-4-12(5-2)18-10(3)13(8-16-18)14(19)17-7-6-11(9-17)15(20)21/h8,11-12H,4-7,9H2,1-3H3,(H,20,21). The lowest BCUT2D eigenvalue weighted by atomic mass is 10.1. The summed E-state index contributed by atoms with van der Waals surface area (Å²) in [5, 5.41) is 13.4. The molecule has 0 saturated carbocycles. The molecule has 1 saturated heterocycles. The third kappa shape index (κ3) is 2.94. The molecular weight excluding hydrogens is 270 g/mol. The number of hydrogen-bond acceptors (Lipinski definition) is 3. The molecule has 6 heteroatoms. The number of rotatable bonds is 5. The van der Waals surface area contributed by atoms with Crippen molar-refractivity contribution in [1.82, 2.24) is 14.7 Å². The van der Waals surface area contributed by atoms with Crippen LogP contribution in [0.15, 0.2) is 6.20 Å². The van der Waals surface area contributed by atoms with E-state index < -0.39 is 11.9 Å². The van der Waals surface area contributed by atoms with Crippen LogP contribution in [-0.4, -0.2) is 44.8 Å². The van der Waals surface area contributed by atoms with Gasteiger partial charge in [-0.25, -0.2) is 0 Å². The van der Waals surface area contributed by atoms with Crippen molar-refractivity contribution < 1.29 is 14.7 Å². The van der Waals surface area contributed by atoms with Crippen LogP contribution in [0.5, 0.6) is 0 Å². The quantitative estimate of drug-likeness (QED) is 0.902. The number of amides is 1. The van der Waals surface area contributed by atoms with E-state index >= 15 is 0 Å². The normalized spacial score (nSPS) is 18.5. The van der Waals surface area contributed by atoms with Gasteiger partial charge in [-0.1, -0.05) is 13.8 Å². The van der Waals surface area contributed by atoms with E-state index in [2.05, 4.69) is 18.9 Å². The first-order valence-electron chi connectivity index (χ1n) is 7.55. The highest BCUT2D eigenvalue weighted by Crippen LogP contribution is 2.23. The van der Waals surface area contributed by atoms with Crippen LogP contribution in [0, 0.1) is 12.8 Å². The number of aromatic nitrogens is 2. The van der Waals surface area contributed by atoms with Gasteiger partial charge in [-0.3, -0.25) is 14.3 Å². The summed E-state index contributed by atoms with van der Waals surface area (Å²) in [6.45, 7) is 6.92. The second-order valence-corrected chi connectivity index (χ2v) is 5.63. The fourth-order valence-electron chi connectivity index (χ4n) is 2.95. The molecular formula is C15H23N3O3. The van der Waals surface area contributed by atoms with E-state index in [-0.39, 0.29) is 5.91 Å². The van der Waals surface area contributed by atoms with Crippen LogP contribution in [0.25, 0.3) is 0 Å². The zero-order valence-electron chi connectivity index (χ0n) is 12.9. The molecule has 116 valence electrons. The van der Waals surface area contributed by atoms with Crippen molar-refractivity contribution >= 4 is 11.9 Å². The summed E-state index contributed by atoms with van der Waals surface area (Å²) in [6, 6.07) is 0.303. The van der Waals surface area contributed by atoms with E-state index in [1.54, 1.807) is 11.1 Å². The molecule has 2 rings (SSSR count). The van der Waals surface area contributed by atoms with Gasteiger partial charge in [0.05, 0.1) is 23.7 Å². The van der Waals surface area contributed by atoms with Gasteiger partial charge in [-0.15, -0.1) is 0 Å². The maximum atomic E-state index is 12.5. The van der Waals surface area contributed by atoms with Gasteiger partial charge in [0.1, 0.15) is 0 Å². The summed E-state index contributed by atoms with van der Waals surface area (Å²) < 4.78 is 1.91. The molecule has 1 aromatic rings. The minimum atomic E-state index is -0.824. The molecule has 0 bridgehead atoms. The lowest BCUT2D eigenvalue weighted by Crippen LogP contribution is -2.30. The third-order valence-electron chi connectivity index (χ3n) is 4.39. The lowest BCUT2D eigenvalue weighted by Gasteiger charge is -2.17. The fourth-order valence-corrected chi connectivity index (χ4v) is 2.95. The maximum absolute atomic E-state index is 12.5. The van der Waals surface area contributed by atoms with Crippen LogP contribution in [0.4, 0.5) is 0 Å². The summed E-state index contributed by atoms with van der Waals surface area (Å²) >= 11 is 0. The van der Waals surface area contributed by atoms with Crippen molar-refractivity contribution in [3.63, 3.8) is 0 Å². The number of aliphatic carboxylic acids is 1. The minimum absolute atomic E-state index is 0.103. The molecule has 1 aliphatic rings. The first kappa shape index (κ1) is 15.5. The van der Waals surface area contributed by atoms with Crippen molar-refractivity contribution in [2.24, 2.45) is 5.92 Å². The van der Waals surface area contributed by atoms with Gasteiger partial charge >= 0.3 is 5.97 Å². The summed E-state index contributed by atoms with van der Waals surface area (Å²) in [5.74, 6) is -1.37. The van der Waals surface area contributed by atoms with E-state index in [9.17, 15) is 9.59 Å². The van der Waals surface area contributed by atoms with Crippen molar-refractivity contribution in [1.29, 1.82) is 0 Å². The van der Waals surface area contributed by atoms with Crippen LogP contribution >= 0.6 is 0 Å². The van der Waals surface area contributed by atoms with Crippen LogP contribution in [0.2, 0.25) is 0 Å². The summed E-state index contributed by atoms with van der Waals surface area (Å²) in [7, 11) is 0. The molecule has 1 amide bonds. The monoisotopic (exact) mass is 293 g/mol. The number of carboxylic acid groups (broad SMARTS) is 1. The zero-order valence-corrected chi connectivity index (χ0v) is 12.9. The molecule has 0 spiro atoms. The largest absolute Gasteiger partial charge is 0.481 e. The fraction of sp³-hybridized carbons (Fsp3) is 0.667. The van der Waals surface area contributed by atoms with Gasteiger partial charge in [-0.2, -0.15) is 5.10 Å². The first-order valence-corrected chi connectivity index (χ1v) is 7.55. The first-order chi connectivity index (χ1) is 9.99. The van der Waals surface area contributed by atoms with Crippen molar-refractivity contribution in [2.45, 2.75) is 46.1 Å². The topological polar surface area (TPSA) is 75.4 Å². The lowest BCUT2D eigenvalue weighted by molar-refractivity contribution is -0.141. The highest BCUT2D eigenvalue weighted by Gasteiger charge is 2.32. The molecule has 6 nitrogen and oxygen atoms in total. The van der Waals surface area contributed by atoms with E-state index in [1.165, 1.54) is 0 Å². The molecule has 1 atom stereocenters. The SMILES string of the molecule is CCC(CC)n1ncc(C(=O)N2CCC(C(=O)O)C2)c1C. The number of likely N-dealkylation sites (tertiary alicyclic amines) is 1. The van der Waals surface area contributed by atoms with Gasteiger partial charge in [0.15, 0.2) is 0 Å². The van der Waals surface area contributed by atoms with E-state index in [4.69, 9.17) is 5.11 Å². The molecule has 2 heterocycles. The Labute approximate surface area is 124 Å². The Kier molecular flexibility index (Phi) is 4.65. The molecule has 1 aliphatic heterocycles. The smallest absolute Gasteiger partial charge is 0.308 e. The Balaban J connectivity index is 2.16. The van der Waals surface area contributed by atoms with Gasteiger partial charge in [0, 0.05) is 18.8 Å². The summed E-state index contributed by atoms with van der Waals surface area (Å²) in [6.07, 6.45) is 4.08. The average Bonchev–Trinajstić information content (AvgIpc) is 3.08. The van der Waals surface area contributed by atoms with Gasteiger partial charge in [-0.05, 0) is 26.2 Å². The zero-order chi connectivity index (χ0) is 15.6. The average molecular weight is 293 g/mol. The molecule has 0 radical (unpaired) electrons. The van der Waals surface area contributed by atoms with E-state index in [0.717, 1.165) is 18.5 Å². The van der Waals surface area contributed by atoms with Gasteiger partial charge in [0.2, 0.25) is 0 Å². The van der Waals surface area contributed by atoms with E-state index in [0.29, 0.717) is 31.1 Å². The molecule has 1 fully saturated rings. The Hall–Kier alpha value is -1.85. The van der Waals surface area contributed by atoms with Crippen LogP contribution in [-0.2, 0) is 4.79 Å². The number of hydrogen-bond donors (Lipinski definition) is 1. The Morgan fingerprint density at radius 1 is 1.43 bits per heavy atom. The second-order valence-electron chi connectivity index (χ2n) is 5.63. The maximum Gasteiger partial charge on any atom is 0.308 e. The second kappa shape index (κ2) is 6.28. The molecule has 1 N–H and O–H groups in total. The Morgan fingerprint density at radius 2 is 2.10 bits per heavy atom.